The normalized spacial score (nSPS) is 24.0. The number of nitrogen functional groups attached to an aromatic ring is 1. The lowest BCUT2D eigenvalue weighted by molar-refractivity contribution is -0.169. The van der Waals surface area contributed by atoms with Crippen LogP contribution in [0.15, 0.2) is 48.8 Å². The molecule has 3 fully saturated rings. The van der Waals surface area contributed by atoms with Crippen LogP contribution >= 0.6 is 7.75 Å². The van der Waals surface area contributed by atoms with Crippen LogP contribution in [0, 0.1) is 11.3 Å². The van der Waals surface area contributed by atoms with Gasteiger partial charge >= 0.3 is 31.6 Å². The van der Waals surface area contributed by atoms with Gasteiger partial charge in [-0.15, -0.1) is 0 Å². The van der Waals surface area contributed by atoms with E-state index in [-0.39, 0.29) is 42.3 Å². The molecular weight excluding hydrogens is 739 g/mol. The first kappa shape index (κ1) is 39.6. The van der Waals surface area contributed by atoms with Gasteiger partial charge in [-0.3, -0.25) is 23.7 Å². The van der Waals surface area contributed by atoms with Crippen molar-refractivity contribution in [3.63, 3.8) is 0 Å². The SMILES string of the molecule is CCC(=O)O[C@H]1[C@@H](OC(=O)CC)[C@](C#N)(c2ccc3c(N)ncnn23)O[C@@H]1CO[P@@](=O)(N[C@@H](CC(=O)OC1CCC1)C(=O)OC1CCC1)Oc1ccccc1. The number of nitrogens with two attached hydrogens (primary N) is 1. The third-order valence-electron chi connectivity index (χ3n) is 9.57. The predicted molar refractivity (Wildman–Crippen MR) is 190 cm³/mol. The number of carbonyl (C=O) groups excluding carboxylic acids is 4. The first-order valence-electron chi connectivity index (χ1n) is 18.2. The van der Waals surface area contributed by atoms with E-state index < -0.39 is 74.6 Å². The second kappa shape index (κ2) is 17.2. The fraction of sp³-hybridized carbons (Fsp3) is 0.528. The Labute approximate surface area is 316 Å². The number of hydrogen-bond acceptors (Lipinski definition) is 16. The molecule has 0 unspecified atom stereocenters. The summed E-state index contributed by atoms with van der Waals surface area (Å²) < 4.78 is 56.9. The van der Waals surface area contributed by atoms with E-state index in [1.165, 1.54) is 35.7 Å². The molecule has 0 radical (unpaired) electrons. The molecule has 19 heteroatoms. The number of nitrogens with zero attached hydrogens (tertiary/aromatic N) is 4. The Morgan fingerprint density at radius 2 is 1.65 bits per heavy atom. The minimum absolute atomic E-state index is 0.0543. The van der Waals surface area contributed by atoms with E-state index in [0.717, 1.165) is 19.2 Å². The van der Waals surface area contributed by atoms with Crippen molar-refractivity contribution >= 4 is 43.0 Å². The van der Waals surface area contributed by atoms with Crippen molar-refractivity contribution in [3.05, 3.63) is 54.5 Å². The van der Waals surface area contributed by atoms with Crippen molar-refractivity contribution in [2.75, 3.05) is 12.3 Å². The monoisotopic (exact) mass is 782 g/mol. The Hall–Kier alpha value is -5.08. The zero-order chi connectivity index (χ0) is 39.2. The number of ether oxygens (including phenoxy) is 5. The lowest BCUT2D eigenvalue weighted by Crippen LogP contribution is -2.46. The molecule has 6 rings (SSSR count). The van der Waals surface area contributed by atoms with E-state index in [1.54, 1.807) is 25.1 Å². The fourth-order valence-corrected chi connectivity index (χ4v) is 7.64. The van der Waals surface area contributed by atoms with Gasteiger partial charge in [-0.1, -0.05) is 32.0 Å². The van der Waals surface area contributed by atoms with Crippen LogP contribution in [0.3, 0.4) is 0 Å². The first-order valence-corrected chi connectivity index (χ1v) is 19.8. The molecule has 3 aliphatic rings. The lowest BCUT2D eigenvalue weighted by Gasteiger charge is -2.30. The molecule has 2 aliphatic carbocycles. The minimum Gasteiger partial charge on any atom is -0.462 e. The quantitative estimate of drug-likeness (QED) is 0.112. The van der Waals surface area contributed by atoms with Crippen molar-refractivity contribution in [1.29, 1.82) is 5.26 Å². The molecule has 1 aromatic carbocycles. The summed E-state index contributed by atoms with van der Waals surface area (Å²) in [5, 5.41) is 17.7. The summed E-state index contributed by atoms with van der Waals surface area (Å²) in [4.78, 5) is 56.2. The zero-order valence-corrected chi connectivity index (χ0v) is 31.3. The van der Waals surface area contributed by atoms with Gasteiger partial charge in [0.15, 0.2) is 18.0 Å². The van der Waals surface area contributed by atoms with Crippen molar-refractivity contribution in [1.82, 2.24) is 19.7 Å². The Bertz CT molecular complexity index is 1960. The molecule has 6 atom stereocenters. The molecule has 1 saturated heterocycles. The number of para-hydroxylation sites is 1. The summed E-state index contributed by atoms with van der Waals surface area (Å²) >= 11 is 0. The number of benzene rings is 1. The Kier molecular flexibility index (Phi) is 12.4. The maximum absolute atomic E-state index is 14.8. The van der Waals surface area contributed by atoms with Crippen LogP contribution in [0.2, 0.25) is 0 Å². The second-order valence-corrected chi connectivity index (χ2v) is 15.0. The first-order chi connectivity index (χ1) is 26.5. The molecule has 294 valence electrons. The number of nitrogens with one attached hydrogen (secondary N) is 1. The zero-order valence-electron chi connectivity index (χ0n) is 30.4. The van der Waals surface area contributed by atoms with E-state index in [2.05, 4.69) is 21.2 Å². The summed E-state index contributed by atoms with van der Waals surface area (Å²) in [7, 11) is -4.71. The molecule has 3 heterocycles. The van der Waals surface area contributed by atoms with Gasteiger partial charge in [0.05, 0.1) is 18.7 Å². The van der Waals surface area contributed by atoms with E-state index in [9.17, 15) is 29.0 Å². The number of rotatable bonds is 17. The highest BCUT2D eigenvalue weighted by Gasteiger charge is 2.63. The molecule has 3 N–H and O–H groups in total. The van der Waals surface area contributed by atoms with E-state index >= 15 is 0 Å². The van der Waals surface area contributed by atoms with Crippen LogP contribution in [0.1, 0.15) is 77.3 Å². The minimum atomic E-state index is -4.71. The number of nitriles is 1. The summed E-state index contributed by atoms with van der Waals surface area (Å²) in [6, 6.07) is 11.5. The summed E-state index contributed by atoms with van der Waals surface area (Å²) in [5.74, 6) is -2.91. The van der Waals surface area contributed by atoms with Gasteiger partial charge < -0.3 is 33.9 Å². The molecule has 1 aliphatic heterocycles. The number of carbonyl (C=O) groups is 4. The topological polar surface area (TPSA) is 242 Å². The summed E-state index contributed by atoms with van der Waals surface area (Å²) in [6.07, 6.45) is -0.387. The fourth-order valence-electron chi connectivity index (χ4n) is 6.14. The van der Waals surface area contributed by atoms with Gasteiger partial charge in [0.2, 0.25) is 5.60 Å². The van der Waals surface area contributed by atoms with Crippen molar-refractivity contribution in [2.45, 2.75) is 114 Å². The highest BCUT2D eigenvalue weighted by atomic mass is 31.2. The molecule has 2 aromatic heterocycles. The molecule has 18 nitrogen and oxygen atoms in total. The predicted octanol–water partition coefficient (Wildman–Crippen LogP) is 3.82. The lowest BCUT2D eigenvalue weighted by atomic mass is 9.92. The standard InChI is InChI=1S/C36H43N6O12P/c1-3-29(43)51-32-27(53-36(20-37,33(32)52-30(44)4-2)28-17-16-26-34(38)39-21-40-42(26)28)19-48-55(47,54-24-10-6-5-7-11-24)41-25(35(46)50-23-14-9-15-23)18-31(45)49-22-12-8-13-22/h5-7,10-11,16-17,21-23,25,27,32-33H,3-4,8-9,12-15,18-19H2,1-2H3,(H,41,47)(H2,38,39,40)/t25-,27+,32+,33+,36-,55-/m0/s1. The maximum atomic E-state index is 14.8. The number of anilines is 1. The maximum Gasteiger partial charge on any atom is 0.459 e. The van der Waals surface area contributed by atoms with Crippen molar-refractivity contribution in [2.24, 2.45) is 0 Å². The number of aromatic nitrogens is 3. The van der Waals surface area contributed by atoms with E-state index in [1.807, 2.05) is 0 Å². The van der Waals surface area contributed by atoms with Gasteiger partial charge in [-0.05, 0) is 62.8 Å². The van der Waals surface area contributed by atoms with Crippen LogP contribution in [0.4, 0.5) is 5.82 Å². The molecule has 0 amide bonds. The van der Waals surface area contributed by atoms with Crippen LogP contribution in [-0.4, -0.2) is 81.6 Å². The molecular formula is C36H43N6O12P. The average molecular weight is 783 g/mol. The van der Waals surface area contributed by atoms with Crippen LogP contribution in [0.25, 0.3) is 5.52 Å². The van der Waals surface area contributed by atoms with Gasteiger partial charge in [-0.2, -0.15) is 15.4 Å². The Morgan fingerprint density at radius 3 is 2.29 bits per heavy atom. The molecule has 3 aromatic rings. The average Bonchev–Trinajstić information content (AvgIpc) is 3.71. The Balaban J connectivity index is 1.35. The van der Waals surface area contributed by atoms with Crippen LogP contribution in [-0.2, 0) is 57.6 Å². The Morgan fingerprint density at radius 1 is 0.982 bits per heavy atom. The largest absolute Gasteiger partial charge is 0.462 e. The smallest absolute Gasteiger partial charge is 0.459 e. The van der Waals surface area contributed by atoms with Gasteiger partial charge in [-0.25, -0.2) is 14.1 Å². The highest BCUT2D eigenvalue weighted by molar-refractivity contribution is 7.52. The number of hydrogen-bond donors (Lipinski definition) is 2. The van der Waals surface area contributed by atoms with Crippen LogP contribution < -0.4 is 15.3 Å². The van der Waals surface area contributed by atoms with Crippen molar-refractivity contribution < 1.29 is 56.5 Å². The van der Waals surface area contributed by atoms with E-state index in [0.29, 0.717) is 31.2 Å². The molecule has 0 bridgehead atoms. The third kappa shape index (κ3) is 8.91. The molecule has 55 heavy (non-hydrogen) atoms. The van der Waals surface area contributed by atoms with E-state index in [4.69, 9.17) is 38.5 Å². The van der Waals surface area contributed by atoms with Crippen molar-refractivity contribution in [3.8, 4) is 11.8 Å². The van der Waals surface area contributed by atoms with Gasteiger partial charge in [0, 0.05) is 12.8 Å². The number of fused-ring (bicyclic) bond motifs is 1. The van der Waals surface area contributed by atoms with Crippen LogP contribution in [0.5, 0.6) is 5.75 Å². The van der Waals surface area contributed by atoms with Gasteiger partial charge in [0.25, 0.3) is 0 Å². The molecule has 0 spiro atoms. The third-order valence-corrected chi connectivity index (χ3v) is 11.1. The highest BCUT2D eigenvalue weighted by Crippen LogP contribution is 2.49. The summed E-state index contributed by atoms with van der Waals surface area (Å²) in [6.45, 7) is 2.36. The van der Waals surface area contributed by atoms with Gasteiger partial charge in [0.1, 0.15) is 48.0 Å². The second-order valence-electron chi connectivity index (χ2n) is 13.4. The number of esters is 4. The summed E-state index contributed by atoms with van der Waals surface area (Å²) in [5.41, 5.74) is 4.23. The molecule has 2 saturated carbocycles.